The lowest BCUT2D eigenvalue weighted by Crippen LogP contribution is -2.28. The van der Waals surface area contributed by atoms with Crippen LogP contribution in [-0.4, -0.2) is 36.5 Å². The maximum absolute atomic E-state index is 12.6. The van der Waals surface area contributed by atoms with Crippen molar-refractivity contribution in [3.8, 4) is 0 Å². The number of rotatable bonds is 4. The molecule has 0 aliphatic carbocycles. The summed E-state index contributed by atoms with van der Waals surface area (Å²) in [6.07, 6.45) is -4.41. The van der Waals surface area contributed by atoms with Gasteiger partial charge in [-0.3, -0.25) is 4.79 Å². The number of esters is 1. The predicted molar refractivity (Wildman–Crippen MR) is 81.0 cm³/mol. The van der Waals surface area contributed by atoms with Gasteiger partial charge in [0.2, 0.25) is 5.91 Å². The summed E-state index contributed by atoms with van der Waals surface area (Å²) >= 11 is 0. The molecule has 1 N–H and O–H groups in total. The molecule has 1 aliphatic heterocycles. The quantitative estimate of drug-likeness (QED) is 0.855. The van der Waals surface area contributed by atoms with E-state index in [1.54, 1.807) is 6.92 Å². The maximum Gasteiger partial charge on any atom is 0.416 e. The first-order valence-corrected chi connectivity index (χ1v) is 7.31. The van der Waals surface area contributed by atoms with Gasteiger partial charge in [0.15, 0.2) is 0 Å². The second-order valence-corrected chi connectivity index (χ2v) is 5.25. The molecular weight excluding hydrogens is 325 g/mol. The van der Waals surface area contributed by atoms with Gasteiger partial charge < -0.3 is 15.0 Å². The van der Waals surface area contributed by atoms with E-state index >= 15 is 0 Å². The van der Waals surface area contributed by atoms with Crippen LogP contribution in [0.4, 0.5) is 18.9 Å². The first-order chi connectivity index (χ1) is 11.2. The Hall–Kier alpha value is -2.51. The minimum atomic E-state index is -4.41. The number of nitrogens with zero attached hydrogens (tertiary/aromatic N) is 1. The Kier molecular flexibility index (Phi) is 5.16. The number of hydrogen-bond donors (Lipinski definition) is 1. The fourth-order valence-corrected chi connectivity index (χ4v) is 2.29. The third-order valence-corrected chi connectivity index (χ3v) is 3.54. The molecule has 8 heteroatoms. The second kappa shape index (κ2) is 6.94. The molecule has 24 heavy (non-hydrogen) atoms. The van der Waals surface area contributed by atoms with Crippen molar-refractivity contribution in [2.75, 3.05) is 25.0 Å². The van der Waals surface area contributed by atoms with Gasteiger partial charge in [-0.05, 0) is 31.2 Å². The zero-order chi connectivity index (χ0) is 17.9. The monoisotopic (exact) mass is 342 g/mol. The highest BCUT2D eigenvalue weighted by molar-refractivity contribution is 5.93. The SMILES string of the molecule is CCOC(=O)C1=C(Nc2ccc(C(F)(F)F)cc2)CN(C(C)=O)C1. The molecule has 0 unspecified atom stereocenters. The van der Waals surface area contributed by atoms with Gasteiger partial charge in [0.1, 0.15) is 0 Å². The van der Waals surface area contributed by atoms with Crippen molar-refractivity contribution >= 4 is 17.6 Å². The van der Waals surface area contributed by atoms with Crippen LogP contribution in [0.25, 0.3) is 0 Å². The highest BCUT2D eigenvalue weighted by Crippen LogP contribution is 2.30. The largest absolute Gasteiger partial charge is 0.463 e. The fourth-order valence-electron chi connectivity index (χ4n) is 2.29. The minimum Gasteiger partial charge on any atom is -0.463 e. The minimum absolute atomic E-state index is 0.108. The zero-order valence-corrected chi connectivity index (χ0v) is 13.2. The van der Waals surface area contributed by atoms with Gasteiger partial charge in [0.25, 0.3) is 0 Å². The number of hydrogen-bond acceptors (Lipinski definition) is 4. The summed E-state index contributed by atoms with van der Waals surface area (Å²) in [5.74, 6) is -0.753. The molecule has 2 rings (SSSR count). The van der Waals surface area contributed by atoms with E-state index in [2.05, 4.69) is 5.32 Å². The van der Waals surface area contributed by atoms with Crippen molar-refractivity contribution in [3.63, 3.8) is 0 Å². The molecule has 0 saturated carbocycles. The molecule has 0 saturated heterocycles. The van der Waals surface area contributed by atoms with Gasteiger partial charge >= 0.3 is 12.1 Å². The topological polar surface area (TPSA) is 58.6 Å². The molecule has 5 nitrogen and oxygen atoms in total. The van der Waals surface area contributed by atoms with E-state index in [-0.39, 0.29) is 25.6 Å². The van der Waals surface area contributed by atoms with Crippen LogP contribution >= 0.6 is 0 Å². The normalized spacial score (nSPS) is 14.8. The van der Waals surface area contributed by atoms with E-state index in [9.17, 15) is 22.8 Å². The molecule has 1 amide bonds. The number of nitrogens with one attached hydrogen (secondary N) is 1. The van der Waals surface area contributed by atoms with Crippen molar-refractivity contribution in [1.82, 2.24) is 4.90 Å². The number of halogens is 3. The van der Waals surface area contributed by atoms with E-state index in [0.717, 1.165) is 12.1 Å². The van der Waals surface area contributed by atoms with Crippen LogP contribution in [0.3, 0.4) is 0 Å². The van der Waals surface area contributed by atoms with Gasteiger partial charge in [-0.2, -0.15) is 13.2 Å². The number of benzene rings is 1. The number of ether oxygens (including phenoxy) is 1. The lowest BCUT2D eigenvalue weighted by atomic mass is 10.2. The molecular formula is C16H17F3N2O3. The zero-order valence-electron chi connectivity index (χ0n) is 13.2. The first kappa shape index (κ1) is 17.8. The van der Waals surface area contributed by atoms with Crippen molar-refractivity contribution < 1.29 is 27.5 Å². The highest BCUT2D eigenvalue weighted by atomic mass is 19.4. The van der Waals surface area contributed by atoms with Crippen LogP contribution in [0.2, 0.25) is 0 Å². The maximum atomic E-state index is 12.6. The van der Waals surface area contributed by atoms with Crippen molar-refractivity contribution in [2.24, 2.45) is 0 Å². The summed E-state index contributed by atoms with van der Waals surface area (Å²) in [7, 11) is 0. The Morgan fingerprint density at radius 2 is 1.83 bits per heavy atom. The lowest BCUT2D eigenvalue weighted by molar-refractivity contribution is -0.139. The number of alkyl halides is 3. The van der Waals surface area contributed by atoms with Crippen LogP contribution in [-0.2, 0) is 20.5 Å². The lowest BCUT2D eigenvalue weighted by Gasteiger charge is -2.14. The van der Waals surface area contributed by atoms with E-state index < -0.39 is 17.7 Å². The van der Waals surface area contributed by atoms with Crippen LogP contribution < -0.4 is 5.32 Å². The summed E-state index contributed by atoms with van der Waals surface area (Å²) in [6.45, 7) is 3.51. The standard InChI is InChI=1S/C16H17F3N2O3/c1-3-24-15(23)13-8-21(10(2)22)9-14(13)20-12-6-4-11(5-7-12)16(17,18)19/h4-7,20H,3,8-9H2,1-2H3. The van der Waals surface area contributed by atoms with Crippen LogP contribution in [0.1, 0.15) is 19.4 Å². The third-order valence-electron chi connectivity index (χ3n) is 3.54. The summed E-state index contributed by atoms with van der Waals surface area (Å²) in [6, 6.07) is 4.44. The van der Waals surface area contributed by atoms with Gasteiger partial charge in [-0.15, -0.1) is 0 Å². The Morgan fingerprint density at radius 1 is 1.21 bits per heavy atom. The van der Waals surface area contributed by atoms with Crippen LogP contribution in [0.15, 0.2) is 35.5 Å². The summed E-state index contributed by atoms with van der Waals surface area (Å²) in [4.78, 5) is 25.0. The molecule has 1 aliphatic rings. The number of amides is 1. The van der Waals surface area contributed by atoms with Crippen molar-refractivity contribution in [3.05, 3.63) is 41.1 Å². The van der Waals surface area contributed by atoms with Crippen molar-refractivity contribution in [2.45, 2.75) is 20.0 Å². The Morgan fingerprint density at radius 3 is 2.33 bits per heavy atom. The molecule has 0 atom stereocenters. The number of carbonyl (C=O) groups excluding carboxylic acids is 2. The highest BCUT2D eigenvalue weighted by Gasteiger charge is 2.31. The van der Waals surface area contributed by atoms with E-state index in [4.69, 9.17) is 4.74 Å². The van der Waals surface area contributed by atoms with E-state index in [1.807, 2.05) is 0 Å². The predicted octanol–water partition coefficient (Wildman–Crippen LogP) is 2.80. The first-order valence-electron chi connectivity index (χ1n) is 7.31. The smallest absolute Gasteiger partial charge is 0.416 e. The van der Waals surface area contributed by atoms with Gasteiger partial charge in [-0.1, -0.05) is 0 Å². The fraction of sp³-hybridized carbons (Fsp3) is 0.375. The van der Waals surface area contributed by atoms with E-state index in [0.29, 0.717) is 17.0 Å². The molecule has 0 radical (unpaired) electrons. The molecule has 1 heterocycles. The van der Waals surface area contributed by atoms with Crippen LogP contribution in [0, 0.1) is 0 Å². The third kappa shape index (κ3) is 4.06. The molecule has 0 spiro atoms. The Balaban J connectivity index is 2.21. The Labute approximate surface area is 137 Å². The average molecular weight is 342 g/mol. The summed E-state index contributed by atoms with van der Waals surface area (Å²) in [5.41, 5.74) is 0.380. The number of carbonyl (C=O) groups is 2. The number of anilines is 1. The van der Waals surface area contributed by atoms with E-state index in [1.165, 1.54) is 24.0 Å². The average Bonchev–Trinajstić information content (AvgIpc) is 2.91. The summed E-state index contributed by atoms with van der Waals surface area (Å²) in [5, 5.41) is 2.91. The molecule has 130 valence electrons. The van der Waals surface area contributed by atoms with Gasteiger partial charge in [-0.25, -0.2) is 4.79 Å². The molecule has 0 fully saturated rings. The van der Waals surface area contributed by atoms with Gasteiger partial charge in [0, 0.05) is 18.3 Å². The molecule has 1 aromatic carbocycles. The molecule has 1 aromatic rings. The second-order valence-electron chi connectivity index (χ2n) is 5.25. The van der Waals surface area contributed by atoms with Crippen molar-refractivity contribution in [1.29, 1.82) is 0 Å². The summed E-state index contributed by atoms with van der Waals surface area (Å²) < 4.78 is 42.7. The molecule has 0 aromatic heterocycles. The van der Waals surface area contributed by atoms with Crippen LogP contribution in [0.5, 0.6) is 0 Å². The van der Waals surface area contributed by atoms with Gasteiger partial charge in [0.05, 0.1) is 30.8 Å². The Bertz CT molecular complexity index is 666. The molecule has 0 bridgehead atoms.